The molecule has 0 unspecified atom stereocenters. The summed E-state index contributed by atoms with van der Waals surface area (Å²) in [4.78, 5) is 27.0. The Morgan fingerprint density at radius 3 is 2.57 bits per heavy atom. The van der Waals surface area contributed by atoms with Crippen LogP contribution in [0.5, 0.6) is 0 Å². The number of hydrogen-bond acceptors (Lipinski definition) is 3. The van der Waals surface area contributed by atoms with Crippen LogP contribution in [-0.2, 0) is 11.3 Å². The fourth-order valence-electron chi connectivity index (χ4n) is 3.38. The summed E-state index contributed by atoms with van der Waals surface area (Å²) in [6.45, 7) is 11.1. The maximum atomic E-state index is 13.0. The zero-order valence-corrected chi connectivity index (χ0v) is 14.7. The number of amides is 2. The number of carbonyl (C=O) groups is 2. The lowest BCUT2D eigenvalue weighted by Crippen LogP contribution is -2.47. The molecular formula is C17H28N4O2. The standard InChI is InChI=1S/C17H28N4O2/c1-6-20-11(4)7-14(12(20)5)17(23)21-9-13(18)8-15(21)16(22)19-10(2)3/h7,10,13,15H,6,8-9,18H2,1-5H3,(H,19,22)/t13-,15-/m0/s1. The molecule has 2 amide bonds. The summed E-state index contributed by atoms with van der Waals surface area (Å²) in [6, 6.07) is 1.31. The van der Waals surface area contributed by atoms with Gasteiger partial charge in [-0.1, -0.05) is 0 Å². The molecule has 1 aromatic heterocycles. The van der Waals surface area contributed by atoms with Crippen molar-refractivity contribution in [1.29, 1.82) is 0 Å². The molecule has 0 aromatic carbocycles. The highest BCUT2D eigenvalue weighted by atomic mass is 16.2. The fraction of sp³-hybridized carbons (Fsp3) is 0.647. The van der Waals surface area contributed by atoms with Crippen LogP contribution in [0.4, 0.5) is 0 Å². The first-order valence-electron chi connectivity index (χ1n) is 8.29. The van der Waals surface area contributed by atoms with Crippen molar-refractivity contribution in [3.8, 4) is 0 Å². The van der Waals surface area contributed by atoms with Gasteiger partial charge in [0.1, 0.15) is 6.04 Å². The van der Waals surface area contributed by atoms with Crippen molar-refractivity contribution in [3.63, 3.8) is 0 Å². The van der Waals surface area contributed by atoms with E-state index >= 15 is 0 Å². The number of likely N-dealkylation sites (tertiary alicyclic amines) is 1. The summed E-state index contributed by atoms with van der Waals surface area (Å²) in [5.74, 6) is -0.222. The van der Waals surface area contributed by atoms with E-state index in [4.69, 9.17) is 5.73 Å². The van der Waals surface area contributed by atoms with E-state index in [-0.39, 0.29) is 23.9 Å². The van der Waals surface area contributed by atoms with Gasteiger partial charge in [0, 0.05) is 36.6 Å². The van der Waals surface area contributed by atoms with Crippen LogP contribution in [-0.4, -0.2) is 46.0 Å². The molecule has 0 radical (unpaired) electrons. The van der Waals surface area contributed by atoms with E-state index in [2.05, 4.69) is 16.8 Å². The minimum Gasteiger partial charge on any atom is -0.352 e. The number of nitrogens with zero attached hydrogens (tertiary/aromatic N) is 2. The Morgan fingerprint density at radius 2 is 2.04 bits per heavy atom. The van der Waals surface area contributed by atoms with Crippen LogP contribution in [0.3, 0.4) is 0 Å². The van der Waals surface area contributed by atoms with E-state index in [1.54, 1.807) is 4.90 Å². The molecule has 23 heavy (non-hydrogen) atoms. The second kappa shape index (κ2) is 6.74. The molecule has 6 nitrogen and oxygen atoms in total. The van der Waals surface area contributed by atoms with Gasteiger partial charge < -0.3 is 20.5 Å². The van der Waals surface area contributed by atoms with Gasteiger partial charge in [0.05, 0.1) is 5.56 Å². The predicted octanol–water partition coefficient (Wildman–Crippen LogP) is 1.19. The Hall–Kier alpha value is -1.82. The Labute approximate surface area is 138 Å². The zero-order valence-electron chi connectivity index (χ0n) is 14.7. The SMILES string of the molecule is CCn1c(C)cc(C(=O)N2C[C@@H](N)C[C@H]2C(=O)NC(C)C)c1C. The van der Waals surface area contributed by atoms with Crippen molar-refractivity contribution in [2.24, 2.45) is 5.73 Å². The summed E-state index contributed by atoms with van der Waals surface area (Å²) in [7, 11) is 0. The fourth-order valence-corrected chi connectivity index (χ4v) is 3.38. The van der Waals surface area contributed by atoms with Crippen LogP contribution in [0.25, 0.3) is 0 Å². The van der Waals surface area contributed by atoms with Crippen molar-refractivity contribution in [1.82, 2.24) is 14.8 Å². The predicted molar refractivity (Wildman–Crippen MR) is 90.3 cm³/mol. The van der Waals surface area contributed by atoms with Gasteiger partial charge in [-0.2, -0.15) is 0 Å². The molecule has 3 N–H and O–H groups in total. The lowest BCUT2D eigenvalue weighted by molar-refractivity contribution is -0.125. The highest BCUT2D eigenvalue weighted by Crippen LogP contribution is 2.23. The number of rotatable bonds is 4. The largest absolute Gasteiger partial charge is 0.352 e. The van der Waals surface area contributed by atoms with Gasteiger partial charge in [0.25, 0.3) is 5.91 Å². The first-order chi connectivity index (χ1) is 10.8. The normalized spacial score (nSPS) is 21.1. The monoisotopic (exact) mass is 320 g/mol. The molecule has 1 fully saturated rings. The molecular weight excluding hydrogens is 292 g/mol. The highest BCUT2D eigenvalue weighted by Gasteiger charge is 2.39. The molecule has 1 saturated heterocycles. The molecule has 1 aromatic rings. The van der Waals surface area contributed by atoms with Gasteiger partial charge >= 0.3 is 0 Å². The average Bonchev–Trinajstić information content (AvgIpc) is 2.98. The number of aromatic nitrogens is 1. The number of aryl methyl sites for hydroxylation is 1. The summed E-state index contributed by atoms with van der Waals surface area (Å²) in [5.41, 5.74) is 8.69. The van der Waals surface area contributed by atoms with Gasteiger partial charge in [-0.05, 0) is 47.1 Å². The average molecular weight is 320 g/mol. The second-order valence-electron chi connectivity index (χ2n) is 6.66. The van der Waals surface area contributed by atoms with E-state index in [1.807, 2.05) is 33.8 Å². The van der Waals surface area contributed by atoms with Crippen LogP contribution < -0.4 is 11.1 Å². The quantitative estimate of drug-likeness (QED) is 0.874. The van der Waals surface area contributed by atoms with Crippen LogP contribution >= 0.6 is 0 Å². The third kappa shape index (κ3) is 3.42. The molecule has 128 valence electrons. The maximum absolute atomic E-state index is 13.0. The lowest BCUT2D eigenvalue weighted by Gasteiger charge is -2.24. The minimum atomic E-state index is -0.482. The molecule has 2 heterocycles. The minimum absolute atomic E-state index is 0.0430. The maximum Gasteiger partial charge on any atom is 0.256 e. The molecule has 1 aliphatic rings. The first kappa shape index (κ1) is 17.5. The Kier molecular flexibility index (Phi) is 5.14. The van der Waals surface area contributed by atoms with Crippen molar-refractivity contribution in [2.75, 3.05) is 6.54 Å². The molecule has 0 saturated carbocycles. The molecule has 6 heteroatoms. The smallest absolute Gasteiger partial charge is 0.256 e. The number of carbonyl (C=O) groups excluding carboxylic acids is 2. The van der Waals surface area contributed by atoms with E-state index in [0.29, 0.717) is 18.5 Å². The van der Waals surface area contributed by atoms with Crippen LogP contribution in [0.2, 0.25) is 0 Å². The summed E-state index contributed by atoms with van der Waals surface area (Å²) < 4.78 is 2.10. The molecule has 1 aliphatic heterocycles. The molecule has 2 atom stereocenters. The van der Waals surface area contributed by atoms with E-state index in [9.17, 15) is 9.59 Å². The highest BCUT2D eigenvalue weighted by molar-refractivity contribution is 5.99. The van der Waals surface area contributed by atoms with Gasteiger partial charge in [0.15, 0.2) is 0 Å². The topological polar surface area (TPSA) is 80.4 Å². The molecule has 0 spiro atoms. The van der Waals surface area contributed by atoms with Crippen molar-refractivity contribution >= 4 is 11.8 Å². The van der Waals surface area contributed by atoms with Gasteiger partial charge in [0.2, 0.25) is 5.91 Å². The van der Waals surface area contributed by atoms with Crippen molar-refractivity contribution in [2.45, 2.75) is 65.7 Å². The summed E-state index contributed by atoms with van der Waals surface area (Å²) >= 11 is 0. The summed E-state index contributed by atoms with van der Waals surface area (Å²) in [6.07, 6.45) is 0.511. The first-order valence-corrected chi connectivity index (χ1v) is 8.29. The van der Waals surface area contributed by atoms with E-state index < -0.39 is 6.04 Å². The number of hydrogen-bond donors (Lipinski definition) is 2. The number of nitrogens with one attached hydrogen (secondary N) is 1. The molecule has 0 aliphatic carbocycles. The zero-order chi connectivity index (χ0) is 17.3. The van der Waals surface area contributed by atoms with E-state index in [0.717, 1.165) is 17.9 Å². The van der Waals surface area contributed by atoms with Crippen molar-refractivity contribution in [3.05, 3.63) is 23.0 Å². The third-order valence-electron chi connectivity index (χ3n) is 4.45. The Balaban J connectivity index is 2.28. The summed E-state index contributed by atoms with van der Waals surface area (Å²) in [5, 5.41) is 2.89. The van der Waals surface area contributed by atoms with Crippen LogP contribution in [0.1, 0.15) is 48.9 Å². The lowest BCUT2D eigenvalue weighted by atomic mass is 10.1. The Morgan fingerprint density at radius 1 is 1.39 bits per heavy atom. The van der Waals surface area contributed by atoms with Gasteiger partial charge in [-0.25, -0.2) is 0 Å². The third-order valence-corrected chi connectivity index (χ3v) is 4.45. The van der Waals surface area contributed by atoms with Crippen LogP contribution in [0.15, 0.2) is 6.07 Å². The number of nitrogens with two attached hydrogens (primary N) is 1. The molecule has 0 bridgehead atoms. The van der Waals surface area contributed by atoms with E-state index in [1.165, 1.54) is 0 Å². The Bertz CT molecular complexity index is 606. The van der Waals surface area contributed by atoms with Crippen LogP contribution in [0, 0.1) is 13.8 Å². The second-order valence-corrected chi connectivity index (χ2v) is 6.66. The molecule has 2 rings (SSSR count). The van der Waals surface area contributed by atoms with Gasteiger partial charge in [-0.3, -0.25) is 9.59 Å². The van der Waals surface area contributed by atoms with Gasteiger partial charge in [-0.15, -0.1) is 0 Å². The van der Waals surface area contributed by atoms with Crippen molar-refractivity contribution < 1.29 is 9.59 Å².